The summed E-state index contributed by atoms with van der Waals surface area (Å²) >= 11 is 0. The van der Waals surface area contributed by atoms with Gasteiger partial charge in [0, 0.05) is 18.2 Å². The summed E-state index contributed by atoms with van der Waals surface area (Å²) in [6.45, 7) is 3.31. The molecule has 0 aliphatic heterocycles. The topological polar surface area (TPSA) is 67.4 Å². The summed E-state index contributed by atoms with van der Waals surface area (Å²) in [5.74, 6) is 0.876. The highest BCUT2D eigenvalue weighted by atomic mass is 32.2. The summed E-state index contributed by atoms with van der Waals surface area (Å²) in [6, 6.07) is 8.15. The quantitative estimate of drug-likeness (QED) is 0.681. The molecule has 114 valence electrons. The number of sulfonamides is 1. The van der Waals surface area contributed by atoms with Crippen LogP contribution in [0.25, 0.3) is 0 Å². The van der Waals surface area contributed by atoms with Crippen LogP contribution in [-0.4, -0.2) is 34.9 Å². The lowest BCUT2D eigenvalue weighted by atomic mass is 10.0. The van der Waals surface area contributed by atoms with Gasteiger partial charge in [0.25, 0.3) is 0 Å². The maximum atomic E-state index is 10.9. The Morgan fingerprint density at radius 2 is 1.95 bits per heavy atom. The average Bonchev–Trinajstić information content (AvgIpc) is 2.42. The van der Waals surface area contributed by atoms with Crippen molar-refractivity contribution in [3.8, 4) is 5.75 Å². The second-order valence-corrected chi connectivity index (χ2v) is 6.51. The fourth-order valence-electron chi connectivity index (χ4n) is 2.05. The third-order valence-electron chi connectivity index (χ3n) is 3.03. The van der Waals surface area contributed by atoms with E-state index in [9.17, 15) is 8.42 Å². The molecule has 6 heteroatoms. The van der Waals surface area contributed by atoms with E-state index in [0.29, 0.717) is 6.54 Å². The number of hydrogen-bond acceptors (Lipinski definition) is 4. The summed E-state index contributed by atoms with van der Waals surface area (Å²) in [5.41, 5.74) is 1.13. The third kappa shape index (κ3) is 5.90. The fraction of sp³-hybridized carbons (Fsp3) is 0.571. The monoisotopic (exact) mass is 300 g/mol. The predicted octanol–water partition coefficient (Wildman–Crippen LogP) is 1.68. The van der Waals surface area contributed by atoms with Crippen LogP contribution in [-0.2, 0) is 10.0 Å². The Balaban J connectivity index is 2.47. The van der Waals surface area contributed by atoms with E-state index in [1.807, 2.05) is 18.2 Å². The molecule has 0 aliphatic rings. The zero-order valence-corrected chi connectivity index (χ0v) is 13.2. The summed E-state index contributed by atoms with van der Waals surface area (Å²) in [5, 5.41) is 3.43. The molecule has 0 aromatic heterocycles. The van der Waals surface area contributed by atoms with Crippen LogP contribution >= 0.6 is 0 Å². The van der Waals surface area contributed by atoms with Gasteiger partial charge in [0.15, 0.2) is 0 Å². The van der Waals surface area contributed by atoms with Crippen LogP contribution in [0.2, 0.25) is 0 Å². The van der Waals surface area contributed by atoms with Gasteiger partial charge in [0.1, 0.15) is 5.75 Å². The minimum absolute atomic E-state index is 0.212. The number of nitrogens with one attached hydrogen (secondary N) is 2. The second kappa shape index (κ2) is 8.24. The predicted molar refractivity (Wildman–Crippen MR) is 81.5 cm³/mol. The zero-order valence-electron chi connectivity index (χ0n) is 12.3. The van der Waals surface area contributed by atoms with Gasteiger partial charge in [-0.3, -0.25) is 0 Å². The first-order valence-electron chi connectivity index (χ1n) is 6.79. The number of benzene rings is 1. The van der Waals surface area contributed by atoms with Gasteiger partial charge in [-0.25, -0.2) is 13.1 Å². The van der Waals surface area contributed by atoms with Crippen molar-refractivity contribution in [2.45, 2.75) is 25.8 Å². The van der Waals surface area contributed by atoms with E-state index in [2.05, 4.69) is 23.0 Å². The van der Waals surface area contributed by atoms with Crippen LogP contribution in [0.4, 0.5) is 0 Å². The second-order valence-electron chi connectivity index (χ2n) is 4.68. The van der Waals surface area contributed by atoms with Crippen molar-refractivity contribution in [1.82, 2.24) is 10.0 Å². The van der Waals surface area contributed by atoms with Crippen molar-refractivity contribution in [2.24, 2.45) is 0 Å². The molecule has 20 heavy (non-hydrogen) atoms. The molecule has 2 N–H and O–H groups in total. The lowest BCUT2D eigenvalue weighted by Crippen LogP contribution is -2.28. The van der Waals surface area contributed by atoms with Gasteiger partial charge in [-0.1, -0.05) is 25.1 Å². The number of ether oxygens (including phenoxy) is 1. The van der Waals surface area contributed by atoms with Crippen molar-refractivity contribution in [1.29, 1.82) is 0 Å². The first kappa shape index (κ1) is 16.9. The molecular formula is C14H24N2O3S. The molecule has 1 aromatic carbocycles. The molecule has 0 heterocycles. The lowest BCUT2D eigenvalue weighted by Gasteiger charge is -2.20. The zero-order chi connectivity index (χ0) is 15.0. The molecule has 1 aromatic rings. The summed E-state index contributed by atoms with van der Waals surface area (Å²) in [6.07, 6.45) is 2.86. The molecule has 0 fully saturated rings. The van der Waals surface area contributed by atoms with Crippen molar-refractivity contribution in [2.75, 3.05) is 26.5 Å². The van der Waals surface area contributed by atoms with Gasteiger partial charge in [-0.15, -0.1) is 0 Å². The lowest BCUT2D eigenvalue weighted by molar-refractivity contribution is 0.396. The van der Waals surface area contributed by atoms with E-state index in [0.717, 1.165) is 30.7 Å². The standard InChI is InChI=1S/C14H24N2O3S/c1-4-13(12-8-5-6-9-14(12)19-2)15-10-7-11-16-20(3,17)18/h5-6,8-9,13,15-16H,4,7,10-11H2,1-3H3. The van der Waals surface area contributed by atoms with Crippen LogP contribution in [0.1, 0.15) is 31.4 Å². The fourth-order valence-corrected chi connectivity index (χ4v) is 2.57. The van der Waals surface area contributed by atoms with Crippen LogP contribution in [0, 0.1) is 0 Å². The van der Waals surface area contributed by atoms with Crippen molar-refractivity contribution < 1.29 is 13.2 Å². The molecule has 0 aliphatic carbocycles. The minimum atomic E-state index is -3.09. The Hall–Kier alpha value is -1.11. The first-order chi connectivity index (χ1) is 9.48. The SMILES string of the molecule is CCC(NCCCNS(C)(=O)=O)c1ccccc1OC. The highest BCUT2D eigenvalue weighted by molar-refractivity contribution is 7.88. The largest absolute Gasteiger partial charge is 0.496 e. The van der Waals surface area contributed by atoms with Gasteiger partial charge in [-0.2, -0.15) is 0 Å². The molecule has 0 bridgehead atoms. The summed E-state index contributed by atoms with van der Waals surface area (Å²) in [7, 11) is -1.42. The Morgan fingerprint density at radius 3 is 2.55 bits per heavy atom. The number of hydrogen-bond donors (Lipinski definition) is 2. The molecule has 1 atom stereocenters. The van der Waals surface area contributed by atoms with Crippen LogP contribution in [0.15, 0.2) is 24.3 Å². The molecule has 5 nitrogen and oxygen atoms in total. The maximum Gasteiger partial charge on any atom is 0.208 e. The highest BCUT2D eigenvalue weighted by Crippen LogP contribution is 2.26. The highest BCUT2D eigenvalue weighted by Gasteiger charge is 2.12. The molecule has 0 saturated heterocycles. The van der Waals surface area contributed by atoms with E-state index in [1.54, 1.807) is 7.11 Å². The van der Waals surface area contributed by atoms with E-state index in [4.69, 9.17) is 4.74 Å². The van der Waals surface area contributed by atoms with Crippen LogP contribution in [0.5, 0.6) is 5.75 Å². The van der Waals surface area contributed by atoms with Gasteiger partial charge >= 0.3 is 0 Å². The van der Waals surface area contributed by atoms with E-state index >= 15 is 0 Å². The van der Waals surface area contributed by atoms with E-state index in [-0.39, 0.29) is 6.04 Å². The molecule has 0 radical (unpaired) electrons. The Morgan fingerprint density at radius 1 is 1.25 bits per heavy atom. The summed E-state index contributed by atoms with van der Waals surface area (Å²) in [4.78, 5) is 0. The minimum Gasteiger partial charge on any atom is -0.496 e. The Kier molecular flexibility index (Phi) is 6.98. The van der Waals surface area contributed by atoms with E-state index in [1.165, 1.54) is 6.26 Å². The Bertz CT molecular complexity index is 503. The van der Waals surface area contributed by atoms with Gasteiger partial charge < -0.3 is 10.1 Å². The average molecular weight is 300 g/mol. The van der Waals surface area contributed by atoms with Crippen molar-refractivity contribution >= 4 is 10.0 Å². The number of para-hydroxylation sites is 1. The van der Waals surface area contributed by atoms with E-state index < -0.39 is 10.0 Å². The van der Waals surface area contributed by atoms with Gasteiger partial charge in [0.05, 0.1) is 13.4 Å². The first-order valence-corrected chi connectivity index (χ1v) is 8.68. The van der Waals surface area contributed by atoms with Crippen molar-refractivity contribution in [3.63, 3.8) is 0 Å². The third-order valence-corrected chi connectivity index (χ3v) is 3.76. The number of methoxy groups -OCH3 is 1. The Labute approximate surface area is 121 Å². The van der Waals surface area contributed by atoms with Gasteiger partial charge in [-0.05, 0) is 25.5 Å². The van der Waals surface area contributed by atoms with Crippen LogP contribution in [0.3, 0.4) is 0 Å². The molecule has 0 spiro atoms. The summed E-state index contributed by atoms with van der Waals surface area (Å²) < 4.78 is 29.7. The molecule has 1 unspecified atom stereocenters. The van der Waals surface area contributed by atoms with Crippen molar-refractivity contribution in [3.05, 3.63) is 29.8 Å². The molecule has 0 saturated carbocycles. The maximum absolute atomic E-state index is 10.9. The molecular weight excluding hydrogens is 276 g/mol. The number of rotatable bonds is 9. The smallest absolute Gasteiger partial charge is 0.208 e. The normalized spacial score (nSPS) is 13.2. The molecule has 0 amide bonds. The van der Waals surface area contributed by atoms with Crippen LogP contribution < -0.4 is 14.8 Å². The molecule has 1 rings (SSSR count). The van der Waals surface area contributed by atoms with Gasteiger partial charge in [0.2, 0.25) is 10.0 Å².